The highest BCUT2D eigenvalue weighted by atomic mass is 35.5. The molecule has 1 saturated heterocycles. The third kappa shape index (κ3) is 2.58. The van der Waals surface area contributed by atoms with Crippen LogP contribution in [-0.4, -0.2) is 18.1 Å². The van der Waals surface area contributed by atoms with Crippen molar-refractivity contribution in [1.82, 2.24) is 10.3 Å². The number of benzene rings is 1. The van der Waals surface area contributed by atoms with Gasteiger partial charge in [-0.15, -0.1) is 24.8 Å². The molecule has 0 saturated carbocycles. The lowest BCUT2D eigenvalue weighted by molar-refractivity contribution is 0.172. The van der Waals surface area contributed by atoms with E-state index in [9.17, 15) is 4.39 Å². The molecule has 1 N–H and O–H groups in total. The van der Waals surface area contributed by atoms with Crippen molar-refractivity contribution >= 4 is 35.7 Å². The zero-order valence-corrected chi connectivity index (χ0v) is 11.3. The number of aromatic nitrogens is 1. The summed E-state index contributed by atoms with van der Waals surface area (Å²) >= 11 is 0. The Bertz CT molecular complexity index is 512. The number of halogens is 3. The van der Waals surface area contributed by atoms with Crippen LogP contribution in [0.5, 0.6) is 0 Å². The summed E-state index contributed by atoms with van der Waals surface area (Å²) < 4.78 is 14.2. The Kier molecular flexibility index (Phi) is 5.32. The van der Waals surface area contributed by atoms with Crippen LogP contribution in [0.1, 0.15) is 11.7 Å². The highest BCUT2D eigenvalue weighted by Gasteiger charge is 2.29. The van der Waals surface area contributed by atoms with Crippen LogP contribution in [0.4, 0.5) is 4.39 Å². The molecule has 1 atom stereocenters. The van der Waals surface area contributed by atoms with Gasteiger partial charge in [-0.2, -0.15) is 0 Å². The summed E-state index contributed by atoms with van der Waals surface area (Å²) in [4.78, 5) is 4.28. The molecule has 2 aromatic rings. The molecule has 0 bridgehead atoms. The first kappa shape index (κ1) is 15.2. The van der Waals surface area contributed by atoms with Crippen LogP contribution in [0.25, 0.3) is 10.9 Å². The average Bonchev–Trinajstić information content (AvgIpc) is 2.26. The molecule has 1 fully saturated rings. The van der Waals surface area contributed by atoms with E-state index in [0.29, 0.717) is 0 Å². The average molecular weight is 289 g/mol. The molecule has 1 aromatic heterocycles. The number of nitrogens with zero attached hydrogens (tertiary/aromatic N) is 1. The van der Waals surface area contributed by atoms with Crippen LogP contribution < -0.4 is 5.32 Å². The molecule has 2 nitrogen and oxygen atoms in total. The minimum atomic E-state index is -0.903. The second kappa shape index (κ2) is 6.32. The predicted molar refractivity (Wildman–Crippen MR) is 76.4 cm³/mol. The van der Waals surface area contributed by atoms with E-state index >= 15 is 0 Å². The zero-order valence-electron chi connectivity index (χ0n) is 9.67. The summed E-state index contributed by atoms with van der Waals surface area (Å²) in [6.45, 7) is 1.54. The first-order valence-electron chi connectivity index (χ1n) is 5.54. The third-order valence-electron chi connectivity index (χ3n) is 3.19. The van der Waals surface area contributed by atoms with E-state index in [4.69, 9.17) is 0 Å². The van der Waals surface area contributed by atoms with Gasteiger partial charge in [-0.1, -0.05) is 24.3 Å². The van der Waals surface area contributed by atoms with Crippen LogP contribution in [0.2, 0.25) is 0 Å². The minimum Gasteiger partial charge on any atom is -0.316 e. The Balaban J connectivity index is 0.000000810. The molecule has 3 rings (SSSR count). The van der Waals surface area contributed by atoms with Crippen LogP contribution in [0.3, 0.4) is 0 Å². The van der Waals surface area contributed by atoms with Gasteiger partial charge >= 0.3 is 0 Å². The van der Waals surface area contributed by atoms with Gasteiger partial charge in [0.15, 0.2) is 0 Å². The fraction of sp³-hybridized carbons (Fsp3) is 0.308. The molecular weight excluding hydrogens is 274 g/mol. The number of pyridine rings is 1. The van der Waals surface area contributed by atoms with Crippen molar-refractivity contribution in [3.05, 3.63) is 42.1 Å². The van der Waals surface area contributed by atoms with E-state index in [2.05, 4.69) is 10.3 Å². The first-order valence-corrected chi connectivity index (χ1v) is 5.54. The van der Waals surface area contributed by atoms with Gasteiger partial charge in [0.25, 0.3) is 0 Å². The van der Waals surface area contributed by atoms with Gasteiger partial charge in [-0.3, -0.25) is 4.98 Å². The van der Waals surface area contributed by atoms with Gasteiger partial charge in [-0.25, -0.2) is 4.39 Å². The molecule has 1 aromatic carbocycles. The molecule has 1 aliphatic heterocycles. The second-order valence-corrected chi connectivity index (χ2v) is 4.24. The number of rotatable bonds is 2. The molecule has 5 heteroatoms. The smallest absolute Gasteiger partial charge is 0.132 e. The van der Waals surface area contributed by atoms with Crippen molar-refractivity contribution in [2.24, 2.45) is 5.92 Å². The van der Waals surface area contributed by atoms with Crippen molar-refractivity contribution in [3.63, 3.8) is 0 Å². The van der Waals surface area contributed by atoms with E-state index in [1.54, 1.807) is 6.20 Å². The van der Waals surface area contributed by atoms with Crippen molar-refractivity contribution in [3.8, 4) is 0 Å². The predicted octanol–water partition coefficient (Wildman–Crippen LogP) is 3.31. The van der Waals surface area contributed by atoms with E-state index in [0.717, 1.165) is 29.6 Å². The number of nitrogens with one attached hydrogen (secondary N) is 1. The fourth-order valence-electron chi connectivity index (χ4n) is 2.12. The Labute approximate surface area is 118 Å². The molecule has 0 radical (unpaired) electrons. The molecule has 1 aliphatic rings. The summed E-state index contributed by atoms with van der Waals surface area (Å²) in [6, 6.07) is 9.57. The lowest BCUT2D eigenvalue weighted by atomic mass is 9.91. The van der Waals surface area contributed by atoms with Gasteiger partial charge in [0.1, 0.15) is 6.17 Å². The topological polar surface area (TPSA) is 24.9 Å². The Morgan fingerprint density at radius 2 is 1.89 bits per heavy atom. The summed E-state index contributed by atoms with van der Waals surface area (Å²) in [5.74, 6) is 0.104. The summed E-state index contributed by atoms with van der Waals surface area (Å²) in [5, 5.41) is 4.11. The summed E-state index contributed by atoms with van der Waals surface area (Å²) in [6.07, 6.45) is 0.817. The monoisotopic (exact) mass is 288 g/mol. The standard InChI is InChI=1S/C13H13FN2.2ClH/c14-12(10-7-15-8-10)11-5-1-3-9-4-2-6-16-13(9)11;;/h1-6,10,12,15H,7-8H2;2*1H. The van der Waals surface area contributed by atoms with Crippen molar-refractivity contribution in [1.29, 1.82) is 0 Å². The highest BCUT2D eigenvalue weighted by Crippen LogP contribution is 2.32. The normalized spacial score (nSPS) is 16.3. The SMILES string of the molecule is Cl.Cl.FC(c1cccc2cccnc12)C1CNC1. The van der Waals surface area contributed by atoms with Crippen LogP contribution >= 0.6 is 24.8 Å². The Morgan fingerprint density at radius 1 is 1.17 bits per heavy atom. The Hall–Kier alpha value is -0.900. The van der Waals surface area contributed by atoms with Gasteiger partial charge < -0.3 is 5.32 Å². The second-order valence-electron chi connectivity index (χ2n) is 4.24. The lowest BCUT2D eigenvalue weighted by Gasteiger charge is -2.30. The number of alkyl halides is 1. The molecule has 0 aliphatic carbocycles. The minimum absolute atomic E-state index is 0. The van der Waals surface area contributed by atoms with Crippen LogP contribution in [-0.2, 0) is 0 Å². The lowest BCUT2D eigenvalue weighted by Crippen LogP contribution is -2.44. The zero-order chi connectivity index (χ0) is 11.0. The number of hydrogen-bond acceptors (Lipinski definition) is 2. The quantitative estimate of drug-likeness (QED) is 0.917. The van der Waals surface area contributed by atoms with Crippen molar-refractivity contribution < 1.29 is 4.39 Å². The largest absolute Gasteiger partial charge is 0.316 e. The molecule has 0 amide bonds. The molecule has 98 valence electrons. The summed E-state index contributed by atoms with van der Waals surface area (Å²) in [5.41, 5.74) is 1.52. The molecule has 1 unspecified atom stereocenters. The van der Waals surface area contributed by atoms with Gasteiger partial charge in [0.2, 0.25) is 0 Å². The van der Waals surface area contributed by atoms with Crippen molar-refractivity contribution in [2.75, 3.05) is 13.1 Å². The Morgan fingerprint density at radius 3 is 2.56 bits per heavy atom. The van der Waals surface area contributed by atoms with Crippen molar-refractivity contribution in [2.45, 2.75) is 6.17 Å². The van der Waals surface area contributed by atoms with E-state index in [-0.39, 0.29) is 30.7 Å². The maximum absolute atomic E-state index is 14.2. The van der Waals surface area contributed by atoms with Gasteiger partial charge in [0.05, 0.1) is 5.52 Å². The molecular formula is C13H15Cl2FN2. The van der Waals surface area contributed by atoms with E-state index in [1.165, 1.54) is 0 Å². The highest BCUT2D eigenvalue weighted by molar-refractivity contribution is 5.85. The molecule has 18 heavy (non-hydrogen) atoms. The van der Waals surface area contributed by atoms with Gasteiger partial charge in [-0.05, 0) is 6.07 Å². The van der Waals surface area contributed by atoms with Gasteiger partial charge in [0, 0.05) is 36.2 Å². The number of para-hydroxylation sites is 1. The van der Waals surface area contributed by atoms with Crippen LogP contribution in [0.15, 0.2) is 36.5 Å². The third-order valence-corrected chi connectivity index (χ3v) is 3.19. The maximum Gasteiger partial charge on any atom is 0.132 e. The van der Waals surface area contributed by atoms with E-state index < -0.39 is 6.17 Å². The fourth-order valence-corrected chi connectivity index (χ4v) is 2.12. The van der Waals surface area contributed by atoms with E-state index in [1.807, 2.05) is 30.3 Å². The number of fused-ring (bicyclic) bond motifs is 1. The molecule has 0 spiro atoms. The first-order chi connectivity index (χ1) is 7.86. The van der Waals surface area contributed by atoms with Crippen LogP contribution in [0, 0.1) is 5.92 Å². The number of hydrogen-bond donors (Lipinski definition) is 1. The molecule has 2 heterocycles. The summed E-state index contributed by atoms with van der Waals surface area (Å²) in [7, 11) is 0. The maximum atomic E-state index is 14.2.